The van der Waals surface area contributed by atoms with Gasteiger partial charge in [0.25, 0.3) is 11.3 Å². The molecule has 1 aliphatic rings. The van der Waals surface area contributed by atoms with E-state index in [1.807, 2.05) is 6.08 Å². The number of hydrogen-bond donors (Lipinski definition) is 2. The Kier molecular flexibility index (Phi) is 4.67. The number of allylic oxidation sites excluding steroid dienone is 4. The summed E-state index contributed by atoms with van der Waals surface area (Å²) in [6.07, 6.45) is 6.97. The lowest BCUT2D eigenvalue weighted by Crippen LogP contribution is -2.49. The van der Waals surface area contributed by atoms with Crippen molar-refractivity contribution in [2.24, 2.45) is 0 Å². The summed E-state index contributed by atoms with van der Waals surface area (Å²) in [6, 6.07) is 0. The van der Waals surface area contributed by atoms with E-state index in [-0.39, 0.29) is 6.61 Å². The quantitative estimate of drug-likeness (QED) is 0.772. The zero-order valence-corrected chi connectivity index (χ0v) is 11.7. The molecule has 0 saturated carbocycles. The molecule has 1 aliphatic heterocycles. The van der Waals surface area contributed by atoms with E-state index in [2.05, 4.69) is 6.58 Å². The van der Waals surface area contributed by atoms with Gasteiger partial charge in [-0.05, 0) is 38.0 Å². The predicted octanol–water partition coefficient (Wildman–Crippen LogP) is 2.15. The van der Waals surface area contributed by atoms with Gasteiger partial charge >= 0.3 is 0 Å². The Morgan fingerprint density at radius 3 is 2.56 bits per heavy atom. The van der Waals surface area contributed by atoms with Crippen molar-refractivity contribution in [1.82, 2.24) is 4.31 Å². The lowest BCUT2D eigenvalue weighted by molar-refractivity contribution is 0.250. The summed E-state index contributed by atoms with van der Waals surface area (Å²) < 4.78 is 22.5. The maximum atomic E-state index is 11.6. The fourth-order valence-corrected chi connectivity index (χ4v) is 2.94. The Balaban J connectivity index is 3.52. The SMILES string of the molecule is C=C/C=C1/C=C(CO)C(C)(C)N(S(=O)O)/C1=C/C. The molecule has 0 spiro atoms. The minimum absolute atomic E-state index is 0.161. The summed E-state index contributed by atoms with van der Waals surface area (Å²) in [5.74, 6) is 0. The second-order valence-electron chi connectivity index (χ2n) is 4.44. The smallest absolute Gasteiger partial charge is 0.262 e. The standard InChI is InChI=1S/C13H19NO3S/c1-5-7-10-8-11(9-15)13(3,4)14(18(16)17)12(10)6-2/h5-8,15H,1,9H2,2-4H3,(H,16,17)/b10-7-,12-6+. The molecule has 1 unspecified atom stereocenters. The molecule has 18 heavy (non-hydrogen) atoms. The molecule has 0 aromatic carbocycles. The predicted molar refractivity (Wildman–Crippen MR) is 73.9 cm³/mol. The van der Waals surface area contributed by atoms with Crippen LogP contribution in [0.3, 0.4) is 0 Å². The van der Waals surface area contributed by atoms with Crippen molar-refractivity contribution in [3.63, 3.8) is 0 Å². The van der Waals surface area contributed by atoms with Crippen LogP contribution in [0.15, 0.2) is 47.7 Å². The molecule has 1 heterocycles. The van der Waals surface area contributed by atoms with E-state index in [9.17, 15) is 13.9 Å². The van der Waals surface area contributed by atoms with E-state index in [1.54, 1.807) is 39.0 Å². The van der Waals surface area contributed by atoms with Gasteiger partial charge in [-0.2, -0.15) is 0 Å². The van der Waals surface area contributed by atoms with Crippen LogP contribution in [0.4, 0.5) is 0 Å². The molecular weight excluding hydrogens is 250 g/mol. The molecule has 0 fully saturated rings. The van der Waals surface area contributed by atoms with Gasteiger partial charge in [-0.3, -0.25) is 8.86 Å². The highest BCUT2D eigenvalue weighted by molar-refractivity contribution is 7.77. The minimum Gasteiger partial charge on any atom is -0.392 e. The first-order chi connectivity index (χ1) is 8.39. The third-order valence-electron chi connectivity index (χ3n) is 3.04. The first-order valence-corrected chi connectivity index (χ1v) is 6.69. The van der Waals surface area contributed by atoms with Gasteiger partial charge in [-0.1, -0.05) is 24.8 Å². The number of hydrogen-bond acceptors (Lipinski definition) is 2. The van der Waals surface area contributed by atoms with Gasteiger partial charge in [-0.15, -0.1) is 0 Å². The zero-order valence-electron chi connectivity index (χ0n) is 10.9. The average Bonchev–Trinajstić information content (AvgIpc) is 2.29. The van der Waals surface area contributed by atoms with Crippen molar-refractivity contribution in [3.05, 3.63) is 47.7 Å². The zero-order chi connectivity index (χ0) is 13.9. The fourth-order valence-electron chi connectivity index (χ4n) is 2.05. The topological polar surface area (TPSA) is 60.8 Å². The number of nitrogens with zero attached hydrogens (tertiary/aromatic N) is 1. The highest BCUT2D eigenvalue weighted by atomic mass is 32.2. The van der Waals surface area contributed by atoms with Crippen LogP contribution in [-0.2, 0) is 11.3 Å². The molecule has 0 aromatic rings. The molecule has 0 amide bonds. The van der Waals surface area contributed by atoms with Crippen LogP contribution in [0.2, 0.25) is 0 Å². The van der Waals surface area contributed by atoms with Crippen LogP contribution in [0.25, 0.3) is 0 Å². The first kappa shape index (κ1) is 14.9. The molecule has 2 N–H and O–H groups in total. The Labute approximate surface area is 110 Å². The second-order valence-corrected chi connectivity index (χ2v) is 5.27. The van der Waals surface area contributed by atoms with Crippen molar-refractivity contribution in [2.75, 3.05) is 6.61 Å². The van der Waals surface area contributed by atoms with Crippen LogP contribution in [0.1, 0.15) is 20.8 Å². The third-order valence-corrected chi connectivity index (χ3v) is 4.00. The number of aliphatic hydroxyl groups excluding tert-OH is 1. The van der Waals surface area contributed by atoms with Crippen LogP contribution < -0.4 is 0 Å². The van der Waals surface area contributed by atoms with Gasteiger partial charge in [0.15, 0.2) is 0 Å². The van der Waals surface area contributed by atoms with E-state index in [0.29, 0.717) is 11.3 Å². The molecule has 4 nitrogen and oxygen atoms in total. The molecule has 5 heteroatoms. The number of aliphatic hydroxyl groups is 1. The maximum absolute atomic E-state index is 11.6. The van der Waals surface area contributed by atoms with Crippen LogP contribution in [0, 0.1) is 0 Å². The first-order valence-electron chi connectivity index (χ1n) is 5.62. The van der Waals surface area contributed by atoms with Crippen molar-refractivity contribution >= 4 is 11.3 Å². The van der Waals surface area contributed by atoms with Crippen molar-refractivity contribution in [2.45, 2.75) is 26.3 Å². The Bertz CT molecular complexity index is 461. The van der Waals surface area contributed by atoms with E-state index in [0.717, 1.165) is 5.57 Å². The van der Waals surface area contributed by atoms with Gasteiger partial charge in [0, 0.05) is 0 Å². The second kappa shape index (κ2) is 5.65. The van der Waals surface area contributed by atoms with Gasteiger partial charge in [-0.25, -0.2) is 4.21 Å². The van der Waals surface area contributed by atoms with Gasteiger partial charge in [0.05, 0.1) is 17.8 Å². The molecule has 0 saturated heterocycles. The Morgan fingerprint density at radius 1 is 1.56 bits per heavy atom. The molecule has 1 atom stereocenters. The van der Waals surface area contributed by atoms with Crippen LogP contribution in [-0.4, -0.2) is 30.3 Å². The minimum atomic E-state index is -2.16. The van der Waals surface area contributed by atoms with Crippen LogP contribution >= 0.6 is 0 Å². The largest absolute Gasteiger partial charge is 0.392 e. The van der Waals surface area contributed by atoms with E-state index < -0.39 is 16.8 Å². The van der Waals surface area contributed by atoms with E-state index >= 15 is 0 Å². The third kappa shape index (κ3) is 2.48. The van der Waals surface area contributed by atoms with Crippen molar-refractivity contribution in [1.29, 1.82) is 0 Å². The lowest BCUT2D eigenvalue weighted by atomic mass is 9.87. The summed E-state index contributed by atoms with van der Waals surface area (Å²) in [5, 5.41) is 9.42. The van der Waals surface area contributed by atoms with Crippen molar-refractivity contribution in [3.8, 4) is 0 Å². The molecule has 100 valence electrons. The summed E-state index contributed by atoms with van der Waals surface area (Å²) in [4.78, 5) is 0. The fraction of sp³-hybridized carbons (Fsp3) is 0.385. The highest BCUT2D eigenvalue weighted by Crippen LogP contribution is 2.38. The number of rotatable bonds is 3. The summed E-state index contributed by atoms with van der Waals surface area (Å²) in [6.45, 7) is 8.88. The van der Waals surface area contributed by atoms with E-state index in [1.165, 1.54) is 4.31 Å². The van der Waals surface area contributed by atoms with Crippen molar-refractivity contribution < 1.29 is 13.9 Å². The maximum Gasteiger partial charge on any atom is 0.262 e. The molecule has 0 radical (unpaired) electrons. The molecule has 1 rings (SSSR count). The Morgan fingerprint density at radius 2 is 2.17 bits per heavy atom. The average molecular weight is 269 g/mol. The van der Waals surface area contributed by atoms with E-state index in [4.69, 9.17) is 0 Å². The highest BCUT2D eigenvalue weighted by Gasteiger charge is 2.39. The monoisotopic (exact) mass is 269 g/mol. The summed E-state index contributed by atoms with van der Waals surface area (Å²) in [5.41, 5.74) is 1.38. The lowest BCUT2D eigenvalue weighted by Gasteiger charge is -2.43. The van der Waals surface area contributed by atoms with Gasteiger partial charge in [0.1, 0.15) is 0 Å². The molecular formula is C13H19NO3S. The van der Waals surface area contributed by atoms with Gasteiger partial charge in [0.2, 0.25) is 0 Å². The molecule has 0 aliphatic carbocycles. The summed E-state index contributed by atoms with van der Waals surface area (Å²) in [7, 11) is 0. The van der Waals surface area contributed by atoms with Crippen LogP contribution in [0.5, 0.6) is 0 Å². The summed E-state index contributed by atoms with van der Waals surface area (Å²) >= 11 is -2.16. The Hall–Kier alpha value is -1.17. The molecule has 0 bridgehead atoms. The normalized spacial score (nSPS) is 25.2. The molecule has 0 aromatic heterocycles. The van der Waals surface area contributed by atoms with Gasteiger partial charge < -0.3 is 5.11 Å².